The molecule has 0 aliphatic rings. The monoisotopic (exact) mass is 311 g/mol. The van der Waals surface area contributed by atoms with Gasteiger partial charge >= 0.3 is 0 Å². The third-order valence-corrected chi connectivity index (χ3v) is 3.52. The molecule has 2 aromatic rings. The van der Waals surface area contributed by atoms with Crippen molar-refractivity contribution in [3.05, 3.63) is 52.3 Å². The van der Waals surface area contributed by atoms with E-state index in [1.54, 1.807) is 29.0 Å². The zero-order valence-corrected chi connectivity index (χ0v) is 12.2. The molecule has 1 aromatic heterocycles. The number of hydrogen-bond acceptors (Lipinski definition) is 2. The molecule has 2 rings (SSSR count). The van der Waals surface area contributed by atoms with E-state index < -0.39 is 0 Å². The predicted octanol–water partition coefficient (Wildman–Crippen LogP) is 2.93. The first-order chi connectivity index (χ1) is 9.47. The van der Waals surface area contributed by atoms with Crippen LogP contribution in [0.4, 0.5) is 5.69 Å². The highest BCUT2D eigenvalue weighted by atomic mass is 35.5. The van der Waals surface area contributed by atoms with Crippen LogP contribution in [0, 0.1) is 6.92 Å². The van der Waals surface area contributed by atoms with E-state index in [-0.39, 0.29) is 18.2 Å². The Labute approximate surface area is 126 Å². The molecule has 1 amide bonds. The van der Waals surface area contributed by atoms with Crippen LogP contribution in [-0.2, 0) is 11.3 Å². The summed E-state index contributed by atoms with van der Waals surface area (Å²) in [6.07, 6.45) is 3.14. The molecule has 1 aromatic carbocycles. The van der Waals surface area contributed by atoms with Crippen molar-refractivity contribution in [2.45, 2.75) is 13.5 Å². The van der Waals surface area contributed by atoms with Crippen LogP contribution in [0.2, 0.25) is 10.0 Å². The summed E-state index contributed by atoms with van der Waals surface area (Å²) < 4.78 is 1.56. The minimum Gasteiger partial charge on any atom is -0.503 e. The standard InChI is InChI=1S/C14H12Cl2N2O2/c1-9-4-5-11(15)14(13(9)16)17-12(20)8-18-6-2-3-10(19)7-18/h2-7H,8H2,1H3,(H-,17,19,20)/p+1. The molecule has 2 N–H and O–H groups in total. The first-order valence-electron chi connectivity index (χ1n) is 5.90. The van der Waals surface area contributed by atoms with Crippen molar-refractivity contribution in [3.63, 3.8) is 0 Å². The van der Waals surface area contributed by atoms with Crippen LogP contribution in [0.3, 0.4) is 0 Å². The van der Waals surface area contributed by atoms with E-state index in [4.69, 9.17) is 23.2 Å². The number of rotatable bonds is 3. The average molecular weight is 312 g/mol. The first kappa shape index (κ1) is 14.6. The van der Waals surface area contributed by atoms with Crippen molar-refractivity contribution in [3.8, 4) is 5.75 Å². The van der Waals surface area contributed by atoms with Gasteiger partial charge in [-0.15, -0.1) is 0 Å². The zero-order valence-electron chi connectivity index (χ0n) is 10.7. The molecular weight excluding hydrogens is 299 g/mol. The number of pyridine rings is 1. The highest BCUT2D eigenvalue weighted by Crippen LogP contribution is 2.32. The first-order valence-corrected chi connectivity index (χ1v) is 6.65. The number of aromatic nitrogens is 1. The summed E-state index contributed by atoms with van der Waals surface area (Å²) in [4.78, 5) is 12.0. The number of nitrogens with one attached hydrogen (secondary N) is 1. The maximum atomic E-state index is 12.0. The Balaban J connectivity index is 2.15. The SMILES string of the molecule is Cc1ccc(Cl)c(NC(=O)C[n+]2cccc(O)c2)c1Cl. The van der Waals surface area contributed by atoms with Crippen molar-refractivity contribution < 1.29 is 14.5 Å². The van der Waals surface area contributed by atoms with E-state index in [2.05, 4.69) is 5.32 Å². The second kappa shape index (κ2) is 6.11. The second-order valence-corrected chi connectivity index (χ2v) is 5.12. The molecule has 0 bridgehead atoms. The lowest BCUT2D eigenvalue weighted by atomic mass is 10.2. The van der Waals surface area contributed by atoms with Crippen molar-refractivity contribution >= 4 is 34.8 Å². The molecule has 0 aliphatic heterocycles. The summed E-state index contributed by atoms with van der Waals surface area (Å²) >= 11 is 12.2. The van der Waals surface area contributed by atoms with E-state index in [1.165, 1.54) is 12.3 Å². The molecule has 20 heavy (non-hydrogen) atoms. The van der Waals surface area contributed by atoms with Gasteiger partial charge in [-0.3, -0.25) is 4.79 Å². The Hall–Kier alpha value is -1.78. The molecule has 104 valence electrons. The third-order valence-electron chi connectivity index (χ3n) is 2.72. The lowest BCUT2D eigenvalue weighted by Gasteiger charge is -2.09. The Bertz CT molecular complexity index is 660. The van der Waals surface area contributed by atoms with Crippen LogP contribution in [0.5, 0.6) is 5.75 Å². The average Bonchev–Trinajstić information content (AvgIpc) is 2.39. The maximum absolute atomic E-state index is 12.0. The minimum atomic E-state index is -0.282. The number of carbonyl (C=O) groups is 1. The molecule has 1 heterocycles. The predicted molar refractivity (Wildman–Crippen MR) is 78.1 cm³/mol. The summed E-state index contributed by atoms with van der Waals surface area (Å²) in [6, 6.07) is 6.64. The summed E-state index contributed by atoms with van der Waals surface area (Å²) in [6.45, 7) is 1.88. The van der Waals surface area contributed by atoms with Crippen LogP contribution in [0.15, 0.2) is 36.7 Å². The van der Waals surface area contributed by atoms with Crippen molar-refractivity contribution in [2.24, 2.45) is 0 Å². The quantitative estimate of drug-likeness (QED) is 0.856. The fraction of sp³-hybridized carbons (Fsp3) is 0.143. The van der Waals surface area contributed by atoms with Crippen LogP contribution in [0.1, 0.15) is 5.56 Å². The largest absolute Gasteiger partial charge is 0.503 e. The smallest absolute Gasteiger partial charge is 0.290 e. The van der Waals surface area contributed by atoms with Crippen LogP contribution < -0.4 is 9.88 Å². The lowest BCUT2D eigenvalue weighted by Crippen LogP contribution is -2.39. The molecule has 0 atom stereocenters. The highest BCUT2D eigenvalue weighted by Gasteiger charge is 2.15. The summed E-state index contributed by atoms with van der Waals surface area (Å²) in [5, 5.41) is 12.8. The third kappa shape index (κ3) is 3.40. The van der Waals surface area contributed by atoms with Gasteiger partial charge in [0.25, 0.3) is 5.91 Å². The number of carbonyl (C=O) groups excluding carboxylic acids is 1. The van der Waals surface area contributed by atoms with Gasteiger partial charge in [0.2, 0.25) is 12.7 Å². The summed E-state index contributed by atoms with van der Waals surface area (Å²) in [7, 11) is 0. The van der Waals surface area contributed by atoms with E-state index in [0.29, 0.717) is 15.7 Å². The van der Waals surface area contributed by atoms with E-state index >= 15 is 0 Å². The van der Waals surface area contributed by atoms with Gasteiger partial charge in [0, 0.05) is 6.07 Å². The summed E-state index contributed by atoms with van der Waals surface area (Å²) in [5.74, 6) is -0.193. The van der Waals surface area contributed by atoms with Gasteiger partial charge in [0.15, 0.2) is 11.9 Å². The molecule has 6 heteroatoms. The Kier molecular flexibility index (Phi) is 4.47. The normalized spacial score (nSPS) is 10.3. The van der Waals surface area contributed by atoms with Crippen LogP contribution >= 0.6 is 23.2 Å². The molecular formula is C14H13Cl2N2O2+. The minimum absolute atomic E-state index is 0.0506. The number of aromatic hydroxyl groups is 1. The zero-order chi connectivity index (χ0) is 14.7. The molecule has 0 radical (unpaired) electrons. The van der Waals surface area contributed by atoms with E-state index in [1.807, 2.05) is 6.92 Å². The van der Waals surface area contributed by atoms with Gasteiger partial charge in [-0.25, -0.2) is 0 Å². The number of amides is 1. The van der Waals surface area contributed by atoms with Crippen LogP contribution in [0.25, 0.3) is 0 Å². The molecule has 0 spiro atoms. The Morgan fingerprint density at radius 1 is 1.35 bits per heavy atom. The van der Waals surface area contributed by atoms with E-state index in [0.717, 1.165) is 5.56 Å². The van der Waals surface area contributed by atoms with Crippen molar-refractivity contribution in [1.82, 2.24) is 0 Å². The van der Waals surface area contributed by atoms with E-state index in [9.17, 15) is 9.90 Å². The van der Waals surface area contributed by atoms with Gasteiger partial charge in [-0.2, -0.15) is 4.57 Å². The highest BCUT2D eigenvalue weighted by molar-refractivity contribution is 6.40. The van der Waals surface area contributed by atoms with Gasteiger partial charge in [0.1, 0.15) is 0 Å². The molecule has 0 saturated heterocycles. The Morgan fingerprint density at radius 2 is 2.10 bits per heavy atom. The van der Waals surface area contributed by atoms with Crippen LogP contribution in [-0.4, -0.2) is 11.0 Å². The maximum Gasteiger partial charge on any atom is 0.290 e. The number of benzene rings is 1. The van der Waals surface area contributed by atoms with Gasteiger partial charge in [-0.1, -0.05) is 29.3 Å². The number of hydrogen-bond donors (Lipinski definition) is 2. The molecule has 0 unspecified atom stereocenters. The lowest BCUT2D eigenvalue weighted by molar-refractivity contribution is -0.684. The summed E-state index contributed by atoms with van der Waals surface area (Å²) in [5.41, 5.74) is 1.23. The number of aryl methyl sites for hydroxylation is 1. The Morgan fingerprint density at radius 3 is 2.80 bits per heavy atom. The molecule has 0 aliphatic carbocycles. The second-order valence-electron chi connectivity index (χ2n) is 4.34. The number of nitrogens with zero attached hydrogens (tertiary/aromatic N) is 1. The fourth-order valence-corrected chi connectivity index (χ4v) is 2.19. The van der Waals surface area contributed by atoms with Gasteiger partial charge < -0.3 is 10.4 Å². The number of halogens is 2. The number of anilines is 1. The molecule has 0 saturated carbocycles. The van der Waals surface area contributed by atoms with Crippen molar-refractivity contribution in [1.29, 1.82) is 0 Å². The van der Waals surface area contributed by atoms with Gasteiger partial charge in [-0.05, 0) is 24.6 Å². The topological polar surface area (TPSA) is 53.2 Å². The van der Waals surface area contributed by atoms with Crippen molar-refractivity contribution in [2.75, 3.05) is 5.32 Å². The molecule has 0 fully saturated rings. The molecule has 4 nitrogen and oxygen atoms in total. The van der Waals surface area contributed by atoms with Gasteiger partial charge in [0.05, 0.1) is 15.7 Å². The fourth-order valence-electron chi connectivity index (χ4n) is 1.72.